The lowest BCUT2D eigenvalue weighted by Crippen LogP contribution is -2.51. The van der Waals surface area contributed by atoms with Gasteiger partial charge < -0.3 is 15.0 Å². The third-order valence-corrected chi connectivity index (χ3v) is 6.74. The van der Waals surface area contributed by atoms with Crippen molar-refractivity contribution in [2.75, 3.05) is 38.1 Å². The summed E-state index contributed by atoms with van der Waals surface area (Å²) in [7, 11) is -3.33. The lowest BCUT2D eigenvalue weighted by Gasteiger charge is -2.35. The molecule has 0 aliphatic carbocycles. The maximum atomic E-state index is 12.7. The van der Waals surface area contributed by atoms with Crippen molar-refractivity contribution in [2.45, 2.75) is 12.7 Å². The number of anilines is 1. The topological polar surface area (TPSA) is 61.9 Å². The summed E-state index contributed by atoms with van der Waals surface area (Å²) in [6, 6.07) is 16.9. The highest BCUT2D eigenvalue weighted by molar-refractivity contribution is 7.88. The van der Waals surface area contributed by atoms with Crippen LogP contribution in [-0.2, 0) is 15.8 Å². The van der Waals surface area contributed by atoms with Gasteiger partial charge in [-0.2, -0.15) is 4.31 Å². The summed E-state index contributed by atoms with van der Waals surface area (Å²) < 4.78 is 32.3. The Hall–Kier alpha value is -2.16. The van der Waals surface area contributed by atoms with Gasteiger partial charge in [0.05, 0.1) is 12.4 Å². The number of piperazine rings is 1. The van der Waals surface area contributed by atoms with Gasteiger partial charge in [-0.05, 0) is 49.0 Å². The largest absolute Gasteiger partial charge is 0.494 e. The Morgan fingerprint density at radius 3 is 2.29 bits per heavy atom. The van der Waals surface area contributed by atoms with Crippen molar-refractivity contribution < 1.29 is 13.2 Å². The van der Waals surface area contributed by atoms with Crippen LogP contribution in [0.3, 0.4) is 0 Å². The third-order valence-electron chi connectivity index (χ3n) is 4.53. The van der Waals surface area contributed by atoms with Crippen LogP contribution in [0.4, 0.5) is 5.69 Å². The number of benzene rings is 2. The zero-order valence-corrected chi connectivity index (χ0v) is 17.5. The number of thiocarbonyl (C=S) groups is 1. The number of nitrogens with one attached hydrogen (secondary N) is 1. The molecule has 1 aliphatic heterocycles. The molecule has 8 heteroatoms. The predicted octanol–water partition coefficient (Wildman–Crippen LogP) is 2.93. The quantitative estimate of drug-likeness (QED) is 0.727. The van der Waals surface area contributed by atoms with Crippen LogP contribution in [0.5, 0.6) is 5.75 Å². The Morgan fingerprint density at radius 2 is 1.68 bits per heavy atom. The van der Waals surface area contributed by atoms with Gasteiger partial charge in [0, 0.05) is 31.9 Å². The third kappa shape index (κ3) is 5.43. The summed E-state index contributed by atoms with van der Waals surface area (Å²) in [5.41, 5.74) is 1.69. The molecule has 0 spiro atoms. The first kappa shape index (κ1) is 20.6. The highest BCUT2D eigenvalue weighted by Gasteiger charge is 2.28. The fraction of sp³-hybridized carbons (Fsp3) is 0.350. The van der Waals surface area contributed by atoms with E-state index in [0.717, 1.165) is 17.0 Å². The summed E-state index contributed by atoms with van der Waals surface area (Å²) in [6.45, 7) is 4.57. The van der Waals surface area contributed by atoms with Gasteiger partial charge in [0.2, 0.25) is 10.0 Å². The molecule has 0 aromatic heterocycles. The molecule has 0 atom stereocenters. The average molecular weight is 420 g/mol. The molecular formula is C20H25N3O3S2. The zero-order chi connectivity index (χ0) is 20.0. The van der Waals surface area contributed by atoms with Crippen molar-refractivity contribution in [2.24, 2.45) is 0 Å². The van der Waals surface area contributed by atoms with E-state index in [1.54, 1.807) is 4.31 Å². The van der Waals surface area contributed by atoms with Crippen molar-refractivity contribution in [3.05, 3.63) is 60.2 Å². The van der Waals surface area contributed by atoms with E-state index in [0.29, 0.717) is 37.9 Å². The number of nitrogens with zero attached hydrogens (tertiary/aromatic N) is 2. The van der Waals surface area contributed by atoms with E-state index < -0.39 is 10.0 Å². The molecule has 0 amide bonds. The van der Waals surface area contributed by atoms with Gasteiger partial charge in [-0.1, -0.05) is 30.3 Å². The first-order valence-corrected chi connectivity index (χ1v) is 11.3. The number of hydrogen-bond donors (Lipinski definition) is 1. The predicted molar refractivity (Wildman–Crippen MR) is 116 cm³/mol. The van der Waals surface area contributed by atoms with Crippen LogP contribution < -0.4 is 10.1 Å². The lowest BCUT2D eigenvalue weighted by molar-refractivity contribution is 0.268. The minimum Gasteiger partial charge on any atom is -0.494 e. The SMILES string of the molecule is CCOc1ccc(NC(=S)N2CCN(S(=O)(=O)Cc3ccccc3)CC2)cc1. The molecule has 150 valence electrons. The molecule has 6 nitrogen and oxygen atoms in total. The second kappa shape index (κ2) is 9.36. The van der Waals surface area contributed by atoms with Crippen LogP contribution in [0.1, 0.15) is 12.5 Å². The first-order chi connectivity index (χ1) is 13.5. The van der Waals surface area contributed by atoms with Gasteiger partial charge in [0.25, 0.3) is 0 Å². The molecule has 1 aliphatic rings. The molecule has 3 rings (SSSR count). The van der Waals surface area contributed by atoms with Crippen LogP contribution in [-0.4, -0.2) is 55.5 Å². The Morgan fingerprint density at radius 1 is 1.04 bits per heavy atom. The highest BCUT2D eigenvalue weighted by Crippen LogP contribution is 2.17. The van der Waals surface area contributed by atoms with E-state index in [2.05, 4.69) is 5.32 Å². The minimum atomic E-state index is -3.33. The van der Waals surface area contributed by atoms with Crippen LogP contribution in [0.25, 0.3) is 0 Å². The van der Waals surface area contributed by atoms with E-state index >= 15 is 0 Å². The molecule has 1 fully saturated rings. The Bertz CT molecular complexity index is 879. The Labute approximate surface area is 172 Å². The summed E-state index contributed by atoms with van der Waals surface area (Å²) in [4.78, 5) is 2.00. The second-order valence-corrected chi connectivity index (χ2v) is 8.87. The Kier molecular flexibility index (Phi) is 6.88. The number of rotatable bonds is 6. The molecule has 0 bridgehead atoms. The van der Waals surface area contributed by atoms with Crippen molar-refractivity contribution in [1.82, 2.24) is 9.21 Å². The fourth-order valence-corrected chi connectivity index (χ4v) is 4.87. The molecule has 1 N–H and O–H groups in total. The number of sulfonamides is 1. The first-order valence-electron chi connectivity index (χ1n) is 9.28. The van der Waals surface area contributed by atoms with Crippen LogP contribution in [0.15, 0.2) is 54.6 Å². The second-order valence-electron chi connectivity index (χ2n) is 6.52. The molecule has 28 heavy (non-hydrogen) atoms. The van der Waals surface area contributed by atoms with E-state index in [9.17, 15) is 8.42 Å². The number of ether oxygens (including phenoxy) is 1. The average Bonchev–Trinajstić information content (AvgIpc) is 2.70. The maximum Gasteiger partial charge on any atom is 0.218 e. The summed E-state index contributed by atoms with van der Waals surface area (Å²) >= 11 is 5.49. The monoisotopic (exact) mass is 419 g/mol. The van der Waals surface area contributed by atoms with Crippen LogP contribution >= 0.6 is 12.2 Å². The maximum absolute atomic E-state index is 12.7. The van der Waals surface area contributed by atoms with E-state index in [4.69, 9.17) is 17.0 Å². The molecule has 1 saturated heterocycles. The van der Waals surface area contributed by atoms with Crippen molar-refractivity contribution in [3.8, 4) is 5.75 Å². The highest BCUT2D eigenvalue weighted by atomic mass is 32.2. The number of hydrogen-bond acceptors (Lipinski definition) is 4. The minimum absolute atomic E-state index is 0.0305. The van der Waals surface area contributed by atoms with Crippen molar-refractivity contribution in [1.29, 1.82) is 0 Å². The molecule has 1 heterocycles. The smallest absolute Gasteiger partial charge is 0.218 e. The molecule has 0 saturated carbocycles. The van der Waals surface area contributed by atoms with Gasteiger partial charge in [0.15, 0.2) is 5.11 Å². The zero-order valence-electron chi connectivity index (χ0n) is 15.9. The van der Waals surface area contributed by atoms with E-state index in [1.165, 1.54) is 0 Å². The molecule has 2 aromatic rings. The van der Waals surface area contributed by atoms with Gasteiger partial charge >= 0.3 is 0 Å². The molecule has 2 aromatic carbocycles. The summed E-state index contributed by atoms with van der Waals surface area (Å²) in [5, 5.41) is 3.81. The van der Waals surface area contributed by atoms with Gasteiger partial charge in [-0.15, -0.1) is 0 Å². The van der Waals surface area contributed by atoms with Crippen molar-refractivity contribution >= 4 is 33.0 Å². The van der Waals surface area contributed by atoms with Crippen molar-refractivity contribution in [3.63, 3.8) is 0 Å². The van der Waals surface area contributed by atoms with Crippen LogP contribution in [0, 0.1) is 0 Å². The summed E-state index contributed by atoms with van der Waals surface area (Å²) in [5.74, 6) is 0.846. The van der Waals surface area contributed by atoms with E-state index in [1.807, 2.05) is 66.4 Å². The lowest BCUT2D eigenvalue weighted by atomic mass is 10.2. The summed E-state index contributed by atoms with van der Waals surface area (Å²) in [6.07, 6.45) is 0. The molecule has 0 radical (unpaired) electrons. The Balaban J connectivity index is 1.52. The van der Waals surface area contributed by atoms with E-state index in [-0.39, 0.29) is 5.75 Å². The van der Waals surface area contributed by atoms with Gasteiger partial charge in [0.1, 0.15) is 5.75 Å². The standard InChI is InChI=1S/C20H25N3O3S2/c1-2-26-19-10-8-18(9-11-19)21-20(27)22-12-14-23(15-13-22)28(24,25)16-17-6-4-3-5-7-17/h3-11H,2,12-16H2,1H3,(H,21,27). The van der Waals surface area contributed by atoms with Gasteiger partial charge in [-0.25, -0.2) is 8.42 Å². The molecular weight excluding hydrogens is 394 g/mol. The van der Waals surface area contributed by atoms with Gasteiger partial charge in [-0.3, -0.25) is 0 Å². The normalized spacial score (nSPS) is 15.2. The molecule has 0 unspecified atom stereocenters. The van der Waals surface area contributed by atoms with Crippen LogP contribution in [0.2, 0.25) is 0 Å². The fourth-order valence-electron chi connectivity index (χ4n) is 3.05.